The molecule has 1 fully saturated rings. The summed E-state index contributed by atoms with van der Waals surface area (Å²) in [6, 6.07) is 5.78. The highest BCUT2D eigenvalue weighted by Gasteiger charge is 2.26. The van der Waals surface area contributed by atoms with Gasteiger partial charge in [-0.2, -0.15) is 5.10 Å². The van der Waals surface area contributed by atoms with Crippen LogP contribution < -0.4 is 4.74 Å². The second-order valence-electron chi connectivity index (χ2n) is 7.17. The lowest BCUT2D eigenvalue weighted by Crippen LogP contribution is -2.44. The number of morpholine rings is 1. The average molecular weight is 449 g/mol. The summed E-state index contributed by atoms with van der Waals surface area (Å²) < 4.78 is 10.7. The smallest absolute Gasteiger partial charge is 0.257 e. The normalized spacial score (nSPS) is 16.8. The summed E-state index contributed by atoms with van der Waals surface area (Å²) >= 11 is 12.7. The topological polar surface area (TPSA) is 67.3 Å². The third-order valence-electron chi connectivity index (χ3n) is 5.23. The molecule has 2 aromatic rings. The van der Waals surface area contributed by atoms with Crippen molar-refractivity contribution in [3.63, 3.8) is 0 Å². The molecule has 0 radical (unpaired) electrons. The quantitative estimate of drug-likeness (QED) is 0.702. The Balaban J connectivity index is 1.64. The van der Waals surface area contributed by atoms with Gasteiger partial charge in [0.05, 0.1) is 49.2 Å². The third kappa shape index (κ3) is 4.59. The molecule has 0 spiro atoms. The number of methoxy groups -OCH3 is 1. The van der Waals surface area contributed by atoms with E-state index in [9.17, 15) is 4.79 Å². The van der Waals surface area contributed by atoms with Crippen LogP contribution in [0.2, 0.25) is 10.0 Å². The van der Waals surface area contributed by atoms with Gasteiger partial charge in [0, 0.05) is 37.5 Å². The highest BCUT2D eigenvalue weighted by atomic mass is 35.5. The molecule has 1 aromatic carbocycles. The Hall–Kier alpha value is -2.19. The zero-order chi connectivity index (χ0) is 21.1. The van der Waals surface area contributed by atoms with Gasteiger partial charge < -0.3 is 9.47 Å². The molecule has 0 N–H and O–H groups in total. The van der Waals surface area contributed by atoms with Crippen molar-refractivity contribution in [2.75, 3.05) is 40.0 Å². The molecule has 0 saturated carbocycles. The van der Waals surface area contributed by atoms with E-state index >= 15 is 0 Å². The molecule has 4 rings (SSSR count). The highest BCUT2D eigenvalue weighted by molar-refractivity contribution is 6.36. The van der Waals surface area contributed by atoms with Crippen LogP contribution in [0.3, 0.4) is 0 Å². The Bertz CT molecular complexity index is 956. The van der Waals surface area contributed by atoms with Crippen molar-refractivity contribution in [2.24, 2.45) is 5.10 Å². The fourth-order valence-corrected chi connectivity index (χ4v) is 4.09. The first kappa shape index (κ1) is 21.1. The van der Waals surface area contributed by atoms with Crippen LogP contribution in [0.25, 0.3) is 0 Å². The van der Waals surface area contributed by atoms with Crippen molar-refractivity contribution < 1.29 is 14.3 Å². The molecule has 1 aromatic heterocycles. The van der Waals surface area contributed by atoms with E-state index in [1.54, 1.807) is 19.5 Å². The van der Waals surface area contributed by atoms with Crippen LogP contribution in [0.4, 0.5) is 0 Å². The summed E-state index contributed by atoms with van der Waals surface area (Å²) in [5.74, 6) is 0.672. The number of halogens is 2. The number of rotatable bonds is 5. The van der Waals surface area contributed by atoms with Crippen molar-refractivity contribution >= 4 is 34.8 Å². The zero-order valence-electron chi connectivity index (χ0n) is 16.6. The molecule has 30 heavy (non-hydrogen) atoms. The summed E-state index contributed by atoms with van der Waals surface area (Å²) in [6.45, 7) is 3.44. The first-order valence-electron chi connectivity index (χ1n) is 9.68. The molecule has 0 unspecified atom stereocenters. The number of hydrazone groups is 1. The molecular weight excluding hydrogens is 427 g/mol. The molecular formula is C21H22Cl2N4O3. The van der Waals surface area contributed by atoms with Crippen LogP contribution in [-0.2, 0) is 22.5 Å². The van der Waals surface area contributed by atoms with Crippen molar-refractivity contribution in [3.05, 3.63) is 57.3 Å². The number of amides is 1. The van der Waals surface area contributed by atoms with Gasteiger partial charge in [0.15, 0.2) is 0 Å². The first-order valence-corrected chi connectivity index (χ1v) is 10.4. The Kier molecular flexibility index (Phi) is 6.53. The van der Waals surface area contributed by atoms with Gasteiger partial charge in [0.25, 0.3) is 5.91 Å². The fourth-order valence-electron chi connectivity index (χ4n) is 3.59. The lowest BCUT2D eigenvalue weighted by Gasteiger charge is -2.30. The van der Waals surface area contributed by atoms with Crippen LogP contribution in [0.15, 0.2) is 35.7 Å². The van der Waals surface area contributed by atoms with E-state index < -0.39 is 0 Å². The molecule has 0 bridgehead atoms. The van der Waals surface area contributed by atoms with Crippen LogP contribution in [-0.4, -0.2) is 66.5 Å². The largest absolute Gasteiger partial charge is 0.497 e. The van der Waals surface area contributed by atoms with E-state index in [2.05, 4.69) is 15.0 Å². The molecule has 3 heterocycles. The molecule has 2 aliphatic rings. The third-order valence-corrected chi connectivity index (χ3v) is 5.88. The molecule has 158 valence electrons. The van der Waals surface area contributed by atoms with Gasteiger partial charge in [-0.15, -0.1) is 0 Å². The maximum atomic E-state index is 13.0. The standard InChI is InChI=1S/C21H22Cl2N4O3/c1-29-15-2-3-16-14(8-15)12-27(21(28)13-26-4-6-30-7-5-26)25-20(16)9-17-18(22)10-24-11-19(17)23/h2-3,8,10-11H,4-7,9,12-13H2,1H3. The van der Waals surface area contributed by atoms with Gasteiger partial charge >= 0.3 is 0 Å². The predicted octanol–water partition coefficient (Wildman–Crippen LogP) is 3.02. The minimum Gasteiger partial charge on any atom is -0.497 e. The Morgan fingerprint density at radius 1 is 1.20 bits per heavy atom. The van der Waals surface area contributed by atoms with Crippen LogP contribution in [0.1, 0.15) is 16.7 Å². The van der Waals surface area contributed by atoms with E-state index in [0.29, 0.717) is 42.8 Å². The lowest BCUT2D eigenvalue weighted by molar-refractivity contribution is -0.134. The fraction of sp³-hybridized carbons (Fsp3) is 0.381. The first-order chi connectivity index (χ1) is 14.5. The van der Waals surface area contributed by atoms with Crippen molar-refractivity contribution in [1.82, 2.24) is 14.9 Å². The highest BCUT2D eigenvalue weighted by Crippen LogP contribution is 2.29. The minimum absolute atomic E-state index is 0.0604. The van der Waals surface area contributed by atoms with Gasteiger partial charge in [0.2, 0.25) is 0 Å². The minimum atomic E-state index is -0.0604. The van der Waals surface area contributed by atoms with Gasteiger partial charge in [-0.3, -0.25) is 14.7 Å². The van der Waals surface area contributed by atoms with E-state index in [0.717, 1.165) is 41.2 Å². The summed E-state index contributed by atoms with van der Waals surface area (Å²) in [6.07, 6.45) is 3.51. The van der Waals surface area contributed by atoms with Gasteiger partial charge in [-0.05, 0) is 29.3 Å². The van der Waals surface area contributed by atoms with Crippen LogP contribution in [0, 0.1) is 0 Å². The van der Waals surface area contributed by atoms with Gasteiger partial charge in [-0.25, -0.2) is 5.01 Å². The number of hydrogen-bond donors (Lipinski definition) is 0. The number of aromatic nitrogens is 1. The monoisotopic (exact) mass is 448 g/mol. The Morgan fingerprint density at radius 3 is 2.63 bits per heavy atom. The molecule has 1 amide bonds. The number of ether oxygens (including phenoxy) is 2. The molecule has 7 nitrogen and oxygen atoms in total. The molecule has 2 aliphatic heterocycles. The number of nitrogens with zero attached hydrogens (tertiary/aromatic N) is 4. The number of hydrogen-bond acceptors (Lipinski definition) is 6. The number of benzene rings is 1. The Labute approximate surface area is 185 Å². The van der Waals surface area contributed by atoms with Gasteiger partial charge in [0.1, 0.15) is 5.75 Å². The number of carbonyl (C=O) groups excluding carboxylic acids is 1. The maximum absolute atomic E-state index is 13.0. The SMILES string of the molecule is COc1ccc2c(c1)CN(C(=O)CN1CCOCC1)N=C2Cc1c(Cl)cncc1Cl. The number of fused-ring (bicyclic) bond motifs is 1. The summed E-state index contributed by atoms with van der Waals surface area (Å²) in [7, 11) is 1.62. The second kappa shape index (κ2) is 9.31. The molecule has 0 aliphatic carbocycles. The Morgan fingerprint density at radius 2 is 1.93 bits per heavy atom. The van der Waals surface area contributed by atoms with Crippen LogP contribution in [0.5, 0.6) is 5.75 Å². The molecule has 0 atom stereocenters. The van der Waals surface area contributed by atoms with Crippen molar-refractivity contribution in [3.8, 4) is 5.75 Å². The lowest BCUT2D eigenvalue weighted by atomic mass is 9.96. The van der Waals surface area contributed by atoms with E-state index in [-0.39, 0.29) is 5.91 Å². The summed E-state index contributed by atoms with van der Waals surface area (Å²) in [4.78, 5) is 19.1. The van der Waals surface area contributed by atoms with Crippen LogP contribution >= 0.6 is 23.2 Å². The van der Waals surface area contributed by atoms with E-state index in [1.807, 2.05) is 18.2 Å². The summed E-state index contributed by atoms with van der Waals surface area (Å²) in [5, 5.41) is 7.15. The zero-order valence-corrected chi connectivity index (χ0v) is 18.1. The number of carbonyl (C=O) groups is 1. The van der Waals surface area contributed by atoms with Crippen molar-refractivity contribution in [2.45, 2.75) is 13.0 Å². The average Bonchev–Trinajstić information content (AvgIpc) is 2.76. The van der Waals surface area contributed by atoms with E-state index in [4.69, 9.17) is 32.7 Å². The summed E-state index contributed by atoms with van der Waals surface area (Å²) in [5.41, 5.74) is 3.38. The number of pyridine rings is 1. The molecule has 9 heteroatoms. The second-order valence-corrected chi connectivity index (χ2v) is 7.98. The maximum Gasteiger partial charge on any atom is 0.257 e. The van der Waals surface area contributed by atoms with E-state index in [1.165, 1.54) is 5.01 Å². The molecule has 1 saturated heterocycles. The predicted molar refractivity (Wildman–Crippen MR) is 115 cm³/mol. The van der Waals surface area contributed by atoms with Crippen molar-refractivity contribution in [1.29, 1.82) is 0 Å². The van der Waals surface area contributed by atoms with Gasteiger partial charge in [-0.1, -0.05) is 23.2 Å².